The van der Waals surface area contributed by atoms with Crippen LogP contribution in [-0.4, -0.2) is 88.9 Å². The first-order chi connectivity index (χ1) is 15.3. The lowest BCUT2D eigenvalue weighted by Crippen LogP contribution is -2.55. The monoisotopic (exact) mass is 499 g/mol. The van der Waals surface area contributed by atoms with Crippen molar-refractivity contribution >= 4 is 18.0 Å². The van der Waals surface area contributed by atoms with Crippen LogP contribution < -0.4 is 0 Å². The highest BCUT2D eigenvalue weighted by atomic mass is 19.4. The Morgan fingerprint density at radius 3 is 2.21 bits per heavy atom. The van der Waals surface area contributed by atoms with Gasteiger partial charge in [-0.1, -0.05) is 12.7 Å². The van der Waals surface area contributed by atoms with Crippen LogP contribution in [-0.2, 0) is 19.1 Å². The fourth-order valence-corrected chi connectivity index (χ4v) is 3.89. The van der Waals surface area contributed by atoms with Gasteiger partial charge >= 0.3 is 24.1 Å². The summed E-state index contributed by atoms with van der Waals surface area (Å²) in [6.07, 6.45) is -5.32. The predicted octanol–water partition coefficient (Wildman–Crippen LogP) is 3.38. The van der Waals surface area contributed by atoms with Crippen LogP contribution in [0.2, 0.25) is 0 Å². The summed E-state index contributed by atoms with van der Waals surface area (Å²) in [6.45, 7) is 8.40. The summed E-state index contributed by atoms with van der Waals surface area (Å²) in [6, 6.07) is -3.35. The molecule has 0 radical (unpaired) electrons. The standard InChI is InChI=1S/C21H30F5N3O5/c1-7-10-33-16(31)19(5,6)8-9-28-14-13(11-29(28)15(30)21(24,25)26)27(12-20(14,22)23)17(32)34-18(2,3)4/h7,13-14H,1,8-12H2,2-6H3/t13-,14+/m1/s1. The summed E-state index contributed by atoms with van der Waals surface area (Å²) in [7, 11) is 0. The zero-order chi connectivity index (χ0) is 26.3. The molecule has 0 unspecified atom stereocenters. The van der Waals surface area contributed by atoms with Gasteiger partial charge in [0.2, 0.25) is 0 Å². The zero-order valence-electron chi connectivity index (χ0n) is 19.7. The Hall–Kier alpha value is -2.44. The van der Waals surface area contributed by atoms with Gasteiger partial charge in [-0.3, -0.25) is 19.5 Å². The predicted molar refractivity (Wildman–Crippen MR) is 109 cm³/mol. The number of fused-ring (bicyclic) bond motifs is 1. The van der Waals surface area contributed by atoms with Crippen molar-refractivity contribution in [3.05, 3.63) is 12.7 Å². The number of alkyl halides is 5. The lowest BCUT2D eigenvalue weighted by Gasteiger charge is -2.35. The second-order valence-corrected chi connectivity index (χ2v) is 9.95. The van der Waals surface area contributed by atoms with E-state index in [1.165, 1.54) is 40.7 Å². The van der Waals surface area contributed by atoms with Crippen molar-refractivity contribution in [3.63, 3.8) is 0 Å². The smallest absolute Gasteiger partial charge is 0.461 e. The molecule has 8 nitrogen and oxygen atoms in total. The van der Waals surface area contributed by atoms with Crippen LogP contribution in [0.1, 0.15) is 41.0 Å². The third-order valence-electron chi connectivity index (χ3n) is 5.53. The van der Waals surface area contributed by atoms with Gasteiger partial charge in [0.25, 0.3) is 5.92 Å². The molecule has 194 valence electrons. The van der Waals surface area contributed by atoms with Crippen LogP contribution in [0.3, 0.4) is 0 Å². The maximum atomic E-state index is 15.1. The first-order valence-corrected chi connectivity index (χ1v) is 10.6. The van der Waals surface area contributed by atoms with Gasteiger partial charge in [-0.05, 0) is 41.0 Å². The molecule has 2 aliphatic heterocycles. The first-order valence-electron chi connectivity index (χ1n) is 10.6. The number of halogens is 5. The van der Waals surface area contributed by atoms with Gasteiger partial charge in [0.05, 0.1) is 24.5 Å². The summed E-state index contributed by atoms with van der Waals surface area (Å²) in [4.78, 5) is 37.6. The summed E-state index contributed by atoms with van der Waals surface area (Å²) in [5.74, 6) is -6.69. The van der Waals surface area contributed by atoms with E-state index in [1.807, 2.05) is 0 Å². The van der Waals surface area contributed by atoms with Crippen molar-refractivity contribution in [1.29, 1.82) is 0 Å². The number of nitrogens with zero attached hydrogens (tertiary/aromatic N) is 3. The van der Waals surface area contributed by atoms with Crippen LogP contribution in [0, 0.1) is 5.41 Å². The highest BCUT2D eigenvalue weighted by Crippen LogP contribution is 2.43. The second kappa shape index (κ2) is 9.31. The SMILES string of the molecule is C=CCOC(=O)C(C)(C)CCN1[C@H]2[C@@H](CN1C(=O)C(F)(F)F)N(C(=O)OC(C)(C)C)CC2(F)F. The van der Waals surface area contributed by atoms with Gasteiger partial charge in [-0.15, -0.1) is 0 Å². The van der Waals surface area contributed by atoms with E-state index in [0.717, 1.165) is 0 Å². The minimum absolute atomic E-state index is 0.0989. The third-order valence-corrected chi connectivity index (χ3v) is 5.53. The van der Waals surface area contributed by atoms with Gasteiger partial charge in [0, 0.05) is 6.54 Å². The van der Waals surface area contributed by atoms with Crippen molar-refractivity contribution in [2.75, 3.05) is 26.2 Å². The molecule has 0 aliphatic carbocycles. The Bertz CT molecular complexity index is 825. The molecule has 2 atom stereocenters. The molecule has 2 amide bonds. The minimum atomic E-state index is -5.33. The summed E-state index contributed by atoms with van der Waals surface area (Å²) in [5, 5.41) is 0.804. The maximum absolute atomic E-state index is 15.1. The molecular formula is C21H30F5N3O5. The molecule has 0 aromatic rings. The van der Waals surface area contributed by atoms with E-state index >= 15 is 8.78 Å². The van der Waals surface area contributed by atoms with Gasteiger partial charge in [-0.2, -0.15) is 13.2 Å². The molecule has 0 aromatic carbocycles. The molecule has 34 heavy (non-hydrogen) atoms. The average molecular weight is 499 g/mol. The van der Waals surface area contributed by atoms with Gasteiger partial charge in [0.15, 0.2) is 0 Å². The molecule has 2 fully saturated rings. The highest BCUT2D eigenvalue weighted by molar-refractivity contribution is 5.82. The fraction of sp³-hybridized carbons (Fsp3) is 0.762. The number of esters is 1. The van der Waals surface area contributed by atoms with Crippen LogP contribution in [0.5, 0.6) is 0 Å². The Morgan fingerprint density at radius 2 is 1.71 bits per heavy atom. The molecule has 0 spiro atoms. The fourth-order valence-electron chi connectivity index (χ4n) is 3.89. The molecule has 0 aromatic heterocycles. The first kappa shape index (κ1) is 27.8. The lowest BCUT2D eigenvalue weighted by atomic mass is 9.89. The van der Waals surface area contributed by atoms with E-state index in [4.69, 9.17) is 9.47 Å². The Morgan fingerprint density at radius 1 is 1.12 bits per heavy atom. The third kappa shape index (κ3) is 5.97. The van der Waals surface area contributed by atoms with Crippen molar-refractivity contribution in [1.82, 2.24) is 14.9 Å². The molecule has 2 saturated heterocycles. The maximum Gasteiger partial charge on any atom is 0.472 e. The van der Waals surface area contributed by atoms with Crippen molar-refractivity contribution in [2.45, 2.75) is 70.8 Å². The highest BCUT2D eigenvalue weighted by Gasteiger charge is 2.66. The van der Waals surface area contributed by atoms with Crippen molar-refractivity contribution < 1.29 is 45.8 Å². The van der Waals surface area contributed by atoms with Crippen LogP contribution in [0.4, 0.5) is 26.7 Å². The van der Waals surface area contributed by atoms with Crippen LogP contribution in [0.25, 0.3) is 0 Å². The van der Waals surface area contributed by atoms with Gasteiger partial charge in [0.1, 0.15) is 18.2 Å². The van der Waals surface area contributed by atoms with E-state index in [1.54, 1.807) is 0 Å². The molecule has 2 heterocycles. The van der Waals surface area contributed by atoms with Gasteiger partial charge < -0.3 is 9.47 Å². The van der Waals surface area contributed by atoms with Crippen molar-refractivity contribution in [2.24, 2.45) is 5.41 Å². The largest absolute Gasteiger partial charge is 0.472 e. The Balaban J connectivity index is 2.36. The molecule has 2 aliphatic rings. The second-order valence-electron chi connectivity index (χ2n) is 9.95. The average Bonchev–Trinajstić information content (AvgIpc) is 3.17. The van der Waals surface area contributed by atoms with E-state index < -0.39 is 72.8 Å². The van der Waals surface area contributed by atoms with E-state index in [0.29, 0.717) is 9.91 Å². The van der Waals surface area contributed by atoms with Gasteiger partial charge in [-0.25, -0.2) is 18.6 Å². The number of rotatable bonds is 6. The molecule has 0 bridgehead atoms. The summed E-state index contributed by atoms with van der Waals surface area (Å²) in [5.41, 5.74) is -2.28. The van der Waals surface area contributed by atoms with Crippen molar-refractivity contribution in [3.8, 4) is 0 Å². The number of carbonyl (C=O) groups is 3. The van der Waals surface area contributed by atoms with E-state index in [9.17, 15) is 27.6 Å². The quantitative estimate of drug-likeness (QED) is 0.317. The number of amides is 2. The number of likely N-dealkylation sites (tertiary alicyclic amines) is 1. The molecular weight excluding hydrogens is 469 g/mol. The molecule has 0 N–H and O–H groups in total. The molecule has 2 rings (SSSR count). The topological polar surface area (TPSA) is 79.4 Å². The number of hydrogen-bond donors (Lipinski definition) is 0. The summed E-state index contributed by atoms with van der Waals surface area (Å²) >= 11 is 0. The number of ether oxygens (including phenoxy) is 2. The summed E-state index contributed by atoms with van der Waals surface area (Å²) < 4.78 is 80.0. The van der Waals surface area contributed by atoms with Crippen LogP contribution in [0.15, 0.2) is 12.7 Å². The number of hydrogen-bond acceptors (Lipinski definition) is 6. The van der Waals surface area contributed by atoms with Crippen LogP contribution >= 0.6 is 0 Å². The number of hydrazine groups is 1. The molecule has 13 heteroatoms. The normalized spacial score (nSPS) is 23.0. The Kier molecular flexibility index (Phi) is 7.61. The molecule has 0 saturated carbocycles. The van der Waals surface area contributed by atoms with E-state index in [-0.39, 0.29) is 18.0 Å². The lowest BCUT2D eigenvalue weighted by molar-refractivity contribution is -0.204. The minimum Gasteiger partial charge on any atom is -0.461 e. The van der Waals surface area contributed by atoms with E-state index in [2.05, 4.69) is 6.58 Å². The Labute approximate surface area is 194 Å². The zero-order valence-corrected chi connectivity index (χ0v) is 19.7. The number of carbonyl (C=O) groups excluding carboxylic acids is 3.